The molecule has 0 spiro atoms. The minimum Gasteiger partial charge on any atom is -0.494 e. The predicted molar refractivity (Wildman–Crippen MR) is 141 cm³/mol. The van der Waals surface area contributed by atoms with Crippen LogP contribution in [-0.2, 0) is 9.59 Å². The lowest BCUT2D eigenvalue weighted by molar-refractivity contribution is -0.136. The second kappa shape index (κ2) is 13.6. The fraction of sp³-hybridized carbons (Fsp3) is 0.185. The van der Waals surface area contributed by atoms with E-state index in [2.05, 4.69) is 15.8 Å². The fourth-order valence-corrected chi connectivity index (χ4v) is 3.09. The Morgan fingerprint density at radius 2 is 1.62 bits per heavy atom. The van der Waals surface area contributed by atoms with Gasteiger partial charge in [-0.3, -0.25) is 9.59 Å². The summed E-state index contributed by atoms with van der Waals surface area (Å²) in [5, 5.41) is 6.75. The Labute approximate surface area is 219 Å². The minimum absolute atomic E-state index is 0.224. The average Bonchev–Trinajstić information content (AvgIpc) is 2.90. The molecule has 0 radical (unpaired) electrons. The van der Waals surface area contributed by atoms with Gasteiger partial charge in [0.2, 0.25) is 0 Å². The van der Waals surface area contributed by atoms with E-state index in [1.807, 2.05) is 6.92 Å². The smallest absolute Gasteiger partial charge is 0.343 e. The van der Waals surface area contributed by atoms with Gasteiger partial charge in [-0.05, 0) is 85.6 Å². The van der Waals surface area contributed by atoms with Crippen LogP contribution in [0.5, 0.6) is 17.2 Å². The second-order valence-corrected chi connectivity index (χ2v) is 8.00. The first kappa shape index (κ1) is 27.2. The first-order valence-electron chi connectivity index (χ1n) is 11.5. The highest BCUT2D eigenvalue weighted by atomic mass is 35.5. The van der Waals surface area contributed by atoms with Crippen molar-refractivity contribution in [1.82, 2.24) is 5.43 Å². The summed E-state index contributed by atoms with van der Waals surface area (Å²) in [5.41, 5.74) is 3.47. The molecule has 0 unspecified atom stereocenters. The molecule has 10 heteroatoms. The van der Waals surface area contributed by atoms with Crippen LogP contribution in [0.2, 0.25) is 5.02 Å². The molecule has 0 saturated heterocycles. The summed E-state index contributed by atoms with van der Waals surface area (Å²) in [7, 11) is 0. The largest absolute Gasteiger partial charge is 0.494 e. The van der Waals surface area contributed by atoms with E-state index in [9.17, 15) is 14.4 Å². The second-order valence-electron chi connectivity index (χ2n) is 7.56. The van der Waals surface area contributed by atoms with Crippen molar-refractivity contribution in [1.29, 1.82) is 0 Å². The zero-order valence-corrected chi connectivity index (χ0v) is 21.1. The molecule has 3 rings (SSSR count). The van der Waals surface area contributed by atoms with Gasteiger partial charge in [0, 0.05) is 10.7 Å². The van der Waals surface area contributed by atoms with Crippen molar-refractivity contribution in [2.24, 2.45) is 5.10 Å². The van der Waals surface area contributed by atoms with E-state index in [1.165, 1.54) is 6.21 Å². The van der Waals surface area contributed by atoms with Gasteiger partial charge in [-0.2, -0.15) is 5.10 Å². The Balaban J connectivity index is 1.60. The molecule has 192 valence electrons. The number of nitrogens with one attached hydrogen (secondary N) is 2. The van der Waals surface area contributed by atoms with Crippen molar-refractivity contribution in [2.75, 3.05) is 18.5 Å². The van der Waals surface area contributed by atoms with Gasteiger partial charge < -0.3 is 19.5 Å². The minimum atomic E-state index is -0.951. The first-order valence-corrected chi connectivity index (χ1v) is 11.9. The Bertz CT molecular complexity index is 1260. The summed E-state index contributed by atoms with van der Waals surface area (Å²) >= 11 is 5.80. The van der Waals surface area contributed by atoms with E-state index in [-0.39, 0.29) is 5.75 Å². The molecule has 0 heterocycles. The standard InChI is InChI=1S/C27H26ClN3O6/c1-3-15-36-22-12-6-19(7-13-22)27(34)37-23-14-5-18(16-24(23)35-4-2)17-29-31-26(33)25(32)30-21-10-8-20(28)9-11-21/h5-14,16-17H,3-4,15H2,1-2H3,(H,30,32)(H,31,33)/b29-17-. The third-order valence-corrected chi connectivity index (χ3v) is 4.97. The molecule has 0 bridgehead atoms. The van der Waals surface area contributed by atoms with Gasteiger partial charge >= 0.3 is 17.8 Å². The molecule has 3 aromatic carbocycles. The highest BCUT2D eigenvalue weighted by Gasteiger charge is 2.15. The van der Waals surface area contributed by atoms with Crippen molar-refractivity contribution in [2.45, 2.75) is 20.3 Å². The van der Waals surface area contributed by atoms with Crippen LogP contribution < -0.4 is 25.0 Å². The van der Waals surface area contributed by atoms with Crippen LogP contribution in [0.25, 0.3) is 0 Å². The summed E-state index contributed by atoms with van der Waals surface area (Å²) in [6.07, 6.45) is 2.22. The number of carbonyl (C=O) groups is 3. The zero-order chi connectivity index (χ0) is 26.6. The van der Waals surface area contributed by atoms with Crippen molar-refractivity contribution in [3.8, 4) is 17.2 Å². The van der Waals surface area contributed by atoms with E-state index in [0.29, 0.717) is 46.5 Å². The van der Waals surface area contributed by atoms with Crippen LogP contribution >= 0.6 is 11.6 Å². The summed E-state index contributed by atoms with van der Waals surface area (Å²) in [4.78, 5) is 36.6. The van der Waals surface area contributed by atoms with E-state index < -0.39 is 17.8 Å². The molecule has 37 heavy (non-hydrogen) atoms. The van der Waals surface area contributed by atoms with Gasteiger partial charge in [0.25, 0.3) is 0 Å². The van der Waals surface area contributed by atoms with Crippen molar-refractivity contribution in [3.63, 3.8) is 0 Å². The predicted octanol–water partition coefficient (Wildman–Crippen LogP) is 4.84. The molecule has 0 saturated carbocycles. The van der Waals surface area contributed by atoms with E-state index in [4.69, 9.17) is 25.8 Å². The number of carbonyl (C=O) groups excluding carboxylic acids is 3. The number of hydrazone groups is 1. The van der Waals surface area contributed by atoms with Crippen molar-refractivity contribution in [3.05, 3.63) is 82.9 Å². The van der Waals surface area contributed by atoms with Crippen molar-refractivity contribution < 1.29 is 28.6 Å². The van der Waals surface area contributed by atoms with E-state index in [1.54, 1.807) is 73.7 Å². The number of halogens is 1. The van der Waals surface area contributed by atoms with E-state index in [0.717, 1.165) is 6.42 Å². The molecule has 3 aromatic rings. The number of hydrogen-bond donors (Lipinski definition) is 2. The maximum atomic E-state index is 12.6. The topological polar surface area (TPSA) is 115 Å². The summed E-state index contributed by atoms with van der Waals surface area (Å²) in [6, 6.07) is 17.7. The molecular weight excluding hydrogens is 498 g/mol. The zero-order valence-electron chi connectivity index (χ0n) is 20.3. The lowest BCUT2D eigenvalue weighted by Gasteiger charge is -2.12. The Kier molecular flexibility index (Phi) is 10.0. The quantitative estimate of drug-likeness (QED) is 0.129. The van der Waals surface area contributed by atoms with Gasteiger partial charge in [0.15, 0.2) is 11.5 Å². The lowest BCUT2D eigenvalue weighted by atomic mass is 10.2. The SMILES string of the molecule is CCCOc1ccc(C(=O)Oc2ccc(/C=N\NC(=O)C(=O)Nc3ccc(Cl)cc3)cc2OCC)cc1. The maximum absolute atomic E-state index is 12.6. The monoisotopic (exact) mass is 523 g/mol. The number of nitrogens with zero attached hydrogens (tertiary/aromatic N) is 1. The van der Waals surface area contributed by atoms with Gasteiger partial charge in [-0.15, -0.1) is 0 Å². The van der Waals surface area contributed by atoms with Gasteiger partial charge in [0.05, 0.1) is 25.0 Å². The molecule has 0 atom stereocenters. The normalized spacial score (nSPS) is 10.6. The molecular formula is C27H26ClN3O6. The van der Waals surface area contributed by atoms with Crippen LogP contribution in [0.1, 0.15) is 36.2 Å². The molecule has 0 aliphatic carbocycles. The molecule has 9 nitrogen and oxygen atoms in total. The van der Waals surface area contributed by atoms with Gasteiger partial charge in [0.1, 0.15) is 5.75 Å². The third kappa shape index (κ3) is 8.36. The number of anilines is 1. The highest BCUT2D eigenvalue weighted by molar-refractivity contribution is 6.39. The number of ether oxygens (including phenoxy) is 3. The molecule has 0 aromatic heterocycles. The molecule has 0 aliphatic rings. The lowest BCUT2D eigenvalue weighted by Crippen LogP contribution is -2.32. The summed E-state index contributed by atoms with van der Waals surface area (Å²) in [6.45, 7) is 4.73. The number of esters is 1. The Morgan fingerprint density at radius 3 is 2.30 bits per heavy atom. The number of rotatable bonds is 10. The number of hydrogen-bond acceptors (Lipinski definition) is 7. The average molecular weight is 524 g/mol. The van der Waals surface area contributed by atoms with E-state index >= 15 is 0 Å². The highest BCUT2D eigenvalue weighted by Crippen LogP contribution is 2.29. The summed E-state index contributed by atoms with van der Waals surface area (Å²) in [5.74, 6) is -1.18. The maximum Gasteiger partial charge on any atom is 0.343 e. The van der Waals surface area contributed by atoms with Crippen LogP contribution in [0.15, 0.2) is 71.8 Å². The number of amides is 2. The van der Waals surface area contributed by atoms with Crippen LogP contribution in [-0.4, -0.2) is 37.2 Å². The molecule has 2 N–H and O–H groups in total. The Hall–Kier alpha value is -4.37. The van der Waals surface area contributed by atoms with Crippen LogP contribution in [0.3, 0.4) is 0 Å². The Morgan fingerprint density at radius 1 is 0.892 bits per heavy atom. The van der Waals surface area contributed by atoms with Gasteiger partial charge in [-0.25, -0.2) is 10.2 Å². The molecule has 0 aliphatic heterocycles. The number of benzene rings is 3. The fourth-order valence-electron chi connectivity index (χ4n) is 2.96. The van der Waals surface area contributed by atoms with Crippen LogP contribution in [0, 0.1) is 0 Å². The first-order chi connectivity index (χ1) is 17.9. The summed E-state index contributed by atoms with van der Waals surface area (Å²) < 4.78 is 16.6. The third-order valence-electron chi connectivity index (χ3n) is 4.72. The van der Waals surface area contributed by atoms with Gasteiger partial charge in [-0.1, -0.05) is 18.5 Å². The van der Waals surface area contributed by atoms with Crippen LogP contribution in [0.4, 0.5) is 5.69 Å². The molecule has 0 fully saturated rings. The molecule has 2 amide bonds. The van der Waals surface area contributed by atoms with Crippen molar-refractivity contribution >= 4 is 41.3 Å².